The molecule has 0 saturated carbocycles. The van der Waals surface area contributed by atoms with Gasteiger partial charge in [0.1, 0.15) is 6.26 Å². The van der Waals surface area contributed by atoms with Crippen LogP contribution in [0.2, 0.25) is 0 Å². The summed E-state index contributed by atoms with van der Waals surface area (Å²) in [4.78, 5) is 21.2. The van der Waals surface area contributed by atoms with E-state index in [2.05, 4.69) is 19.9 Å². The zero-order valence-electron chi connectivity index (χ0n) is 14.6. The quantitative estimate of drug-likeness (QED) is 0.804. The van der Waals surface area contributed by atoms with Crippen molar-refractivity contribution < 1.29 is 4.42 Å². The number of aromatic nitrogens is 3. The number of oxazole rings is 1. The summed E-state index contributed by atoms with van der Waals surface area (Å²) in [6.07, 6.45) is 7.57. The van der Waals surface area contributed by atoms with Gasteiger partial charge >= 0.3 is 0 Å². The Labute approximate surface area is 147 Å². The third kappa shape index (κ3) is 3.99. The van der Waals surface area contributed by atoms with Crippen molar-refractivity contribution in [3.63, 3.8) is 0 Å². The smallest absolute Gasteiger partial charge is 0.267 e. The zero-order valence-corrected chi connectivity index (χ0v) is 14.6. The van der Waals surface area contributed by atoms with Crippen LogP contribution in [0.25, 0.3) is 0 Å². The van der Waals surface area contributed by atoms with Crippen LogP contribution in [0.4, 0.5) is 0 Å². The zero-order chi connectivity index (χ0) is 17.1. The monoisotopic (exact) mass is 343 g/mol. The van der Waals surface area contributed by atoms with Gasteiger partial charge in [-0.25, -0.2) is 9.67 Å². The summed E-state index contributed by atoms with van der Waals surface area (Å²) < 4.78 is 6.69. The van der Waals surface area contributed by atoms with E-state index in [-0.39, 0.29) is 5.56 Å². The Balaban J connectivity index is 1.29. The number of piperazine rings is 1. The molecule has 2 aromatic rings. The first kappa shape index (κ1) is 16.5. The van der Waals surface area contributed by atoms with Crippen molar-refractivity contribution in [1.29, 1.82) is 0 Å². The lowest BCUT2D eigenvalue weighted by atomic mass is 9.97. The average Bonchev–Trinajstić information content (AvgIpc) is 3.14. The highest BCUT2D eigenvalue weighted by Crippen LogP contribution is 2.16. The van der Waals surface area contributed by atoms with Crippen molar-refractivity contribution in [3.8, 4) is 0 Å². The van der Waals surface area contributed by atoms with E-state index in [1.54, 1.807) is 17.0 Å². The molecular weight excluding hydrogens is 318 g/mol. The molecule has 0 spiro atoms. The van der Waals surface area contributed by atoms with Gasteiger partial charge in [0.05, 0.1) is 17.9 Å². The molecule has 7 nitrogen and oxygen atoms in total. The van der Waals surface area contributed by atoms with E-state index < -0.39 is 0 Å². The highest BCUT2D eigenvalue weighted by Gasteiger charge is 2.18. The second kappa shape index (κ2) is 7.49. The summed E-state index contributed by atoms with van der Waals surface area (Å²) in [5.74, 6) is 0. The first-order valence-electron chi connectivity index (χ1n) is 9.19. The lowest BCUT2D eigenvalue weighted by Crippen LogP contribution is -2.47. The normalized spacial score (nSPS) is 19.0. The van der Waals surface area contributed by atoms with Crippen molar-refractivity contribution in [1.82, 2.24) is 24.6 Å². The summed E-state index contributed by atoms with van der Waals surface area (Å²) >= 11 is 0. The molecule has 3 heterocycles. The second-order valence-corrected chi connectivity index (χ2v) is 6.98. The molecule has 0 aromatic carbocycles. The lowest BCUT2D eigenvalue weighted by molar-refractivity contribution is 0.121. The topological polar surface area (TPSA) is 67.4 Å². The third-order valence-electron chi connectivity index (χ3n) is 5.24. The van der Waals surface area contributed by atoms with Crippen LogP contribution in [-0.2, 0) is 25.9 Å². The third-order valence-corrected chi connectivity index (χ3v) is 5.24. The largest absolute Gasteiger partial charge is 0.451 e. The standard InChI is InChI=1S/C18H25N5O2/c24-18-11-15-3-1-2-4-17(15)20-23(18)10-9-21-5-7-22(8-6-21)12-16-13-25-14-19-16/h11,13-14H,1-10,12H2. The first-order chi connectivity index (χ1) is 12.3. The molecule has 134 valence electrons. The van der Waals surface area contributed by atoms with Gasteiger partial charge in [-0.2, -0.15) is 5.10 Å². The highest BCUT2D eigenvalue weighted by molar-refractivity contribution is 5.20. The van der Waals surface area contributed by atoms with E-state index in [0.717, 1.165) is 69.1 Å². The summed E-state index contributed by atoms with van der Waals surface area (Å²) in [6, 6.07) is 1.80. The van der Waals surface area contributed by atoms with Crippen molar-refractivity contribution in [3.05, 3.63) is 46.0 Å². The van der Waals surface area contributed by atoms with Gasteiger partial charge in [0, 0.05) is 45.3 Å². The minimum absolute atomic E-state index is 0.0466. The molecule has 1 saturated heterocycles. The summed E-state index contributed by atoms with van der Waals surface area (Å²) in [6.45, 7) is 6.45. The van der Waals surface area contributed by atoms with Gasteiger partial charge in [-0.3, -0.25) is 14.6 Å². The fourth-order valence-corrected chi connectivity index (χ4v) is 3.71. The maximum atomic E-state index is 12.3. The molecule has 2 aliphatic rings. The van der Waals surface area contributed by atoms with Crippen molar-refractivity contribution >= 4 is 0 Å². The van der Waals surface area contributed by atoms with Crippen LogP contribution in [0.1, 0.15) is 29.8 Å². The predicted octanol–water partition coefficient (Wildman–Crippen LogP) is 0.928. The molecular formula is C18H25N5O2. The molecule has 1 aliphatic carbocycles. The van der Waals surface area contributed by atoms with E-state index in [0.29, 0.717) is 6.54 Å². The van der Waals surface area contributed by atoms with Crippen molar-refractivity contribution in [2.75, 3.05) is 32.7 Å². The fraction of sp³-hybridized carbons (Fsp3) is 0.611. The Morgan fingerprint density at radius 3 is 2.64 bits per heavy atom. The molecule has 4 rings (SSSR count). The number of aryl methyl sites for hydroxylation is 2. The number of hydrogen-bond acceptors (Lipinski definition) is 6. The van der Waals surface area contributed by atoms with Crippen molar-refractivity contribution in [2.45, 2.75) is 38.8 Å². The number of fused-ring (bicyclic) bond motifs is 1. The maximum Gasteiger partial charge on any atom is 0.267 e. The maximum absolute atomic E-state index is 12.3. The molecule has 0 amide bonds. The molecule has 0 atom stereocenters. The van der Waals surface area contributed by atoms with Crippen LogP contribution in [-0.4, -0.2) is 57.3 Å². The van der Waals surface area contributed by atoms with E-state index in [4.69, 9.17) is 4.42 Å². The molecule has 2 aromatic heterocycles. The SMILES string of the molecule is O=c1cc2c(nn1CCN1CCN(Cc3cocn3)CC1)CCCC2. The summed E-state index contributed by atoms with van der Waals surface area (Å²) in [5.41, 5.74) is 3.32. The molecule has 25 heavy (non-hydrogen) atoms. The second-order valence-electron chi connectivity index (χ2n) is 6.98. The van der Waals surface area contributed by atoms with Crippen LogP contribution in [0, 0.1) is 0 Å². The van der Waals surface area contributed by atoms with E-state index in [1.165, 1.54) is 19.2 Å². The number of rotatable bonds is 5. The van der Waals surface area contributed by atoms with Gasteiger partial charge in [-0.05, 0) is 31.2 Å². The van der Waals surface area contributed by atoms with Crippen molar-refractivity contribution in [2.24, 2.45) is 0 Å². The Hall–Kier alpha value is -1.99. The molecule has 7 heteroatoms. The molecule has 1 aliphatic heterocycles. The van der Waals surface area contributed by atoms with E-state index >= 15 is 0 Å². The summed E-state index contributed by atoms with van der Waals surface area (Å²) in [5, 5.41) is 4.61. The van der Waals surface area contributed by atoms with Crippen LogP contribution in [0.3, 0.4) is 0 Å². The minimum Gasteiger partial charge on any atom is -0.451 e. The molecule has 0 bridgehead atoms. The predicted molar refractivity (Wildman–Crippen MR) is 93.4 cm³/mol. The fourth-order valence-electron chi connectivity index (χ4n) is 3.71. The van der Waals surface area contributed by atoms with Gasteiger partial charge in [-0.15, -0.1) is 0 Å². The van der Waals surface area contributed by atoms with Crippen LogP contribution < -0.4 is 5.56 Å². The van der Waals surface area contributed by atoms with E-state index in [1.807, 2.05) is 0 Å². The van der Waals surface area contributed by atoms with Gasteiger partial charge in [0.2, 0.25) is 0 Å². The average molecular weight is 343 g/mol. The Morgan fingerprint density at radius 1 is 1.04 bits per heavy atom. The lowest BCUT2D eigenvalue weighted by Gasteiger charge is -2.34. The minimum atomic E-state index is 0.0466. The first-order valence-corrected chi connectivity index (χ1v) is 9.19. The van der Waals surface area contributed by atoms with Crippen LogP contribution in [0.15, 0.2) is 27.9 Å². The van der Waals surface area contributed by atoms with E-state index in [9.17, 15) is 4.79 Å². The number of hydrogen-bond donors (Lipinski definition) is 0. The van der Waals surface area contributed by atoms with Gasteiger partial charge in [-0.1, -0.05) is 0 Å². The Kier molecular flexibility index (Phi) is 4.94. The van der Waals surface area contributed by atoms with Gasteiger partial charge < -0.3 is 4.42 Å². The molecule has 0 N–H and O–H groups in total. The van der Waals surface area contributed by atoms with Gasteiger partial charge in [0.15, 0.2) is 6.39 Å². The van der Waals surface area contributed by atoms with Gasteiger partial charge in [0.25, 0.3) is 5.56 Å². The Bertz CT molecular complexity index is 747. The highest BCUT2D eigenvalue weighted by atomic mass is 16.3. The Morgan fingerprint density at radius 2 is 1.84 bits per heavy atom. The molecule has 0 radical (unpaired) electrons. The number of nitrogens with zero attached hydrogens (tertiary/aromatic N) is 5. The molecule has 1 fully saturated rings. The van der Waals surface area contributed by atoms with Crippen LogP contribution in [0.5, 0.6) is 0 Å². The molecule has 0 unspecified atom stereocenters. The summed E-state index contributed by atoms with van der Waals surface area (Å²) in [7, 11) is 0. The van der Waals surface area contributed by atoms with Crippen LogP contribution >= 0.6 is 0 Å².